The van der Waals surface area contributed by atoms with Crippen molar-refractivity contribution in [2.45, 2.75) is 46.0 Å². The molecule has 0 aromatic carbocycles. The lowest BCUT2D eigenvalue weighted by molar-refractivity contribution is 0.0205. The molecule has 2 N–H and O–H groups in total. The highest BCUT2D eigenvalue weighted by Crippen LogP contribution is 2.40. The SMILES string of the molecule is CNCC1(CNCC(C)(C)C2CCOCC2)CCC1. The molecule has 2 fully saturated rings. The first kappa shape index (κ1) is 15.3. The molecule has 0 aromatic heterocycles. The molecule has 19 heavy (non-hydrogen) atoms. The fraction of sp³-hybridized carbons (Fsp3) is 1.00. The topological polar surface area (TPSA) is 33.3 Å². The Morgan fingerprint density at radius 3 is 2.37 bits per heavy atom. The van der Waals surface area contributed by atoms with Gasteiger partial charge in [-0.3, -0.25) is 0 Å². The van der Waals surface area contributed by atoms with Crippen molar-refractivity contribution in [3.63, 3.8) is 0 Å². The van der Waals surface area contributed by atoms with E-state index < -0.39 is 0 Å². The number of hydrogen-bond donors (Lipinski definition) is 2. The summed E-state index contributed by atoms with van der Waals surface area (Å²) in [6, 6.07) is 0. The van der Waals surface area contributed by atoms with Gasteiger partial charge in [0.2, 0.25) is 0 Å². The third kappa shape index (κ3) is 3.93. The van der Waals surface area contributed by atoms with E-state index in [0.29, 0.717) is 10.8 Å². The number of ether oxygens (including phenoxy) is 1. The van der Waals surface area contributed by atoms with Crippen LogP contribution in [-0.4, -0.2) is 39.9 Å². The van der Waals surface area contributed by atoms with E-state index in [4.69, 9.17) is 4.74 Å². The lowest BCUT2D eigenvalue weighted by Gasteiger charge is -2.44. The number of nitrogens with one attached hydrogen (secondary N) is 2. The van der Waals surface area contributed by atoms with Gasteiger partial charge in [-0.2, -0.15) is 0 Å². The zero-order chi connectivity index (χ0) is 13.8. The second-order valence-corrected chi connectivity index (χ2v) is 7.36. The van der Waals surface area contributed by atoms with Crippen molar-refractivity contribution < 1.29 is 4.74 Å². The van der Waals surface area contributed by atoms with Crippen LogP contribution >= 0.6 is 0 Å². The first-order chi connectivity index (χ1) is 9.08. The molecule has 3 nitrogen and oxygen atoms in total. The number of rotatable bonds is 7. The summed E-state index contributed by atoms with van der Waals surface area (Å²) < 4.78 is 5.48. The van der Waals surface area contributed by atoms with E-state index in [1.807, 2.05) is 0 Å². The molecule has 0 spiro atoms. The largest absolute Gasteiger partial charge is 0.381 e. The van der Waals surface area contributed by atoms with Crippen molar-refractivity contribution >= 4 is 0 Å². The molecule has 0 atom stereocenters. The van der Waals surface area contributed by atoms with E-state index in [1.54, 1.807) is 0 Å². The molecule has 3 heteroatoms. The lowest BCUT2D eigenvalue weighted by atomic mass is 9.68. The van der Waals surface area contributed by atoms with Crippen molar-refractivity contribution in [3.05, 3.63) is 0 Å². The van der Waals surface area contributed by atoms with E-state index in [-0.39, 0.29) is 0 Å². The van der Waals surface area contributed by atoms with Crippen LogP contribution in [0.2, 0.25) is 0 Å². The van der Waals surface area contributed by atoms with Gasteiger partial charge in [0.25, 0.3) is 0 Å². The maximum absolute atomic E-state index is 5.48. The summed E-state index contributed by atoms with van der Waals surface area (Å²) in [5, 5.41) is 7.13. The summed E-state index contributed by atoms with van der Waals surface area (Å²) >= 11 is 0. The minimum atomic E-state index is 0.397. The Morgan fingerprint density at radius 2 is 1.84 bits per heavy atom. The molecule has 0 aromatic rings. The Hall–Kier alpha value is -0.120. The Labute approximate surface area is 118 Å². The van der Waals surface area contributed by atoms with E-state index in [0.717, 1.165) is 32.2 Å². The van der Waals surface area contributed by atoms with E-state index >= 15 is 0 Å². The molecular formula is C16H32N2O. The molecule has 1 aliphatic carbocycles. The average Bonchev–Trinajstić information content (AvgIpc) is 2.37. The Bertz CT molecular complexity index is 268. The van der Waals surface area contributed by atoms with Gasteiger partial charge in [-0.1, -0.05) is 20.3 Å². The molecule has 112 valence electrons. The minimum absolute atomic E-state index is 0.397. The lowest BCUT2D eigenvalue weighted by Crippen LogP contribution is -2.49. The molecule has 2 rings (SSSR count). The van der Waals surface area contributed by atoms with Crippen LogP contribution in [0.4, 0.5) is 0 Å². The predicted molar refractivity (Wildman–Crippen MR) is 80.4 cm³/mol. The Kier molecular flexibility index (Phi) is 5.27. The smallest absolute Gasteiger partial charge is 0.0468 e. The fourth-order valence-corrected chi connectivity index (χ4v) is 3.74. The Balaban J connectivity index is 1.74. The maximum atomic E-state index is 5.48. The minimum Gasteiger partial charge on any atom is -0.381 e. The van der Waals surface area contributed by atoms with Crippen molar-refractivity contribution in [2.24, 2.45) is 16.7 Å². The van der Waals surface area contributed by atoms with Crippen LogP contribution < -0.4 is 10.6 Å². The maximum Gasteiger partial charge on any atom is 0.0468 e. The highest BCUT2D eigenvalue weighted by molar-refractivity contribution is 4.92. The zero-order valence-electron chi connectivity index (χ0n) is 13.1. The van der Waals surface area contributed by atoms with Gasteiger partial charge in [0.1, 0.15) is 0 Å². The third-order valence-electron chi connectivity index (χ3n) is 5.37. The predicted octanol–water partition coefficient (Wildman–Crippen LogP) is 2.42. The highest BCUT2D eigenvalue weighted by Gasteiger charge is 2.37. The summed E-state index contributed by atoms with van der Waals surface area (Å²) in [6.45, 7) is 10.2. The Morgan fingerprint density at radius 1 is 1.16 bits per heavy atom. The zero-order valence-corrected chi connectivity index (χ0v) is 13.1. The molecule has 2 aliphatic rings. The van der Waals surface area contributed by atoms with Crippen LogP contribution in [0.3, 0.4) is 0 Å². The summed E-state index contributed by atoms with van der Waals surface area (Å²) in [6.07, 6.45) is 6.65. The quantitative estimate of drug-likeness (QED) is 0.744. The van der Waals surface area contributed by atoms with Crippen LogP contribution in [0.15, 0.2) is 0 Å². The standard InChI is InChI=1S/C16H32N2O/c1-15(2,14-5-9-19-10-6-14)11-18-13-16(12-17-3)7-4-8-16/h14,17-18H,4-13H2,1-3H3. The van der Waals surface area contributed by atoms with Crippen molar-refractivity contribution in [2.75, 3.05) is 39.9 Å². The molecular weight excluding hydrogens is 236 g/mol. The van der Waals surface area contributed by atoms with Gasteiger partial charge < -0.3 is 15.4 Å². The third-order valence-corrected chi connectivity index (χ3v) is 5.37. The highest BCUT2D eigenvalue weighted by atomic mass is 16.5. The van der Waals surface area contributed by atoms with E-state index in [2.05, 4.69) is 31.5 Å². The van der Waals surface area contributed by atoms with Gasteiger partial charge in [0.15, 0.2) is 0 Å². The fourth-order valence-electron chi connectivity index (χ4n) is 3.74. The molecule has 1 saturated heterocycles. The van der Waals surface area contributed by atoms with Crippen molar-refractivity contribution in [1.82, 2.24) is 10.6 Å². The normalized spacial score (nSPS) is 24.2. The second kappa shape index (κ2) is 6.55. The first-order valence-electron chi connectivity index (χ1n) is 8.01. The summed E-state index contributed by atoms with van der Waals surface area (Å²) in [5.74, 6) is 0.815. The van der Waals surface area contributed by atoms with Gasteiger partial charge in [0, 0.05) is 32.8 Å². The summed E-state index contributed by atoms with van der Waals surface area (Å²) in [5.41, 5.74) is 0.939. The molecule has 1 aliphatic heterocycles. The van der Waals surface area contributed by atoms with Gasteiger partial charge in [-0.15, -0.1) is 0 Å². The van der Waals surface area contributed by atoms with Crippen molar-refractivity contribution in [1.29, 1.82) is 0 Å². The van der Waals surface area contributed by atoms with Crippen LogP contribution in [0, 0.1) is 16.7 Å². The van der Waals surface area contributed by atoms with Gasteiger partial charge in [0.05, 0.1) is 0 Å². The molecule has 0 radical (unpaired) electrons. The molecule has 1 saturated carbocycles. The van der Waals surface area contributed by atoms with Crippen LogP contribution in [-0.2, 0) is 4.74 Å². The van der Waals surface area contributed by atoms with Crippen molar-refractivity contribution in [3.8, 4) is 0 Å². The van der Waals surface area contributed by atoms with E-state index in [1.165, 1.54) is 38.6 Å². The van der Waals surface area contributed by atoms with E-state index in [9.17, 15) is 0 Å². The average molecular weight is 268 g/mol. The molecule has 0 amide bonds. The van der Waals surface area contributed by atoms with Gasteiger partial charge in [-0.05, 0) is 49.5 Å². The second-order valence-electron chi connectivity index (χ2n) is 7.36. The molecule has 1 heterocycles. The number of hydrogen-bond acceptors (Lipinski definition) is 3. The first-order valence-corrected chi connectivity index (χ1v) is 8.01. The van der Waals surface area contributed by atoms with Gasteiger partial charge >= 0.3 is 0 Å². The molecule has 0 bridgehead atoms. The summed E-state index contributed by atoms with van der Waals surface area (Å²) in [4.78, 5) is 0. The van der Waals surface area contributed by atoms with Crippen LogP contribution in [0.25, 0.3) is 0 Å². The van der Waals surface area contributed by atoms with Crippen LogP contribution in [0.1, 0.15) is 46.0 Å². The summed E-state index contributed by atoms with van der Waals surface area (Å²) in [7, 11) is 2.08. The van der Waals surface area contributed by atoms with Gasteiger partial charge in [-0.25, -0.2) is 0 Å². The van der Waals surface area contributed by atoms with Crippen LogP contribution in [0.5, 0.6) is 0 Å². The monoisotopic (exact) mass is 268 g/mol. The molecule has 0 unspecified atom stereocenters.